The standard InChI is InChI=1S/C22H21N3O3/c1-13-8-14(2)21(15(3)9-13)25-20-10-16(6-7-23-20)22(26)24-17-4-5-18-19(11-17)28-12-27-18/h4-11H,12H2,1-3H3,(H,23,25)(H,24,26). The molecule has 0 unspecified atom stereocenters. The van der Waals surface area contributed by atoms with Crippen LogP contribution >= 0.6 is 0 Å². The summed E-state index contributed by atoms with van der Waals surface area (Å²) in [7, 11) is 0. The first-order valence-corrected chi connectivity index (χ1v) is 9.01. The number of fused-ring (bicyclic) bond motifs is 1. The van der Waals surface area contributed by atoms with Gasteiger partial charge in [-0.2, -0.15) is 0 Å². The molecule has 0 spiro atoms. The molecule has 1 aliphatic rings. The molecule has 0 saturated carbocycles. The molecule has 0 fully saturated rings. The summed E-state index contributed by atoms with van der Waals surface area (Å²) in [5, 5.41) is 6.21. The molecule has 2 heterocycles. The van der Waals surface area contributed by atoms with E-state index in [4.69, 9.17) is 9.47 Å². The third kappa shape index (κ3) is 3.62. The van der Waals surface area contributed by atoms with Crippen molar-refractivity contribution in [3.63, 3.8) is 0 Å². The number of benzene rings is 2. The third-order valence-corrected chi connectivity index (χ3v) is 4.58. The number of carbonyl (C=O) groups excluding carboxylic acids is 1. The van der Waals surface area contributed by atoms with Gasteiger partial charge < -0.3 is 20.1 Å². The molecule has 0 atom stereocenters. The minimum Gasteiger partial charge on any atom is -0.454 e. The van der Waals surface area contributed by atoms with E-state index in [1.54, 1.807) is 36.5 Å². The maximum Gasteiger partial charge on any atom is 0.255 e. The highest BCUT2D eigenvalue weighted by Gasteiger charge is 2.15. The van der Waals surface area contributed by atoms with Gasteiger partial charge in [0.15, 0.2) is 11.5 Å². The first kappa shape index (κ1) is 17.9. The number of hydrogen-bond donors (Lipinski definition) is 2. The number of carbonyl (C=O) groups is 1. The molecule has 28 heavy (non-hydrogen) atoms. The van der Waals surface area contributed by atoms with Gasteiger partial charge in [-0.3, -0.25) is 4.79 Å². The molecular formula is C22H21N3O3. The minimum atomic E-state index is -0.221. The first-order valence-electron chi connectivity index (χ1n) is 9.01. The predicted octanol–water partition coefficient (Wildman–Crippen LogP) is 4.73. The predicted molar refractivity (Wildman–Crippen MR) is 109 cm³/mol. The molecule has 2 N–H and O–H groups in total. The van der Waals surface area contributed by atoms with Crippen LogP contribution < -0.4 is 20.1 Å². The third-order valence-electron chi connectivity index (χ3n) is 4.58. The lowest BCUT2D eigenvalue weighted by molar-refractivity contribution is 0.102. The summed E-state index contributed by atoms with van der Waals surface area (Å²) < 4.78 is 10.6. The maximum atomic E-state index is 12.7. The summed E-state index contributed by atoms with van der Waals surface area (Å²) in [5.74, 6) is 1.70. The van der Waals surface area contributed by atoms with Crippen molar-refractivity contribution in [2.45, 2.75) is 20.8 Å². The van der Waals surface area contributed by atoms with Gasteiger partial charge in [-0.1, -0.05) is 17.7 Å². The summed E-state index contributed by atoms with van der Waals surface area (Å²) in [6.45, 7) is 6.38. The number of hydrogen-bond acceptors (Lipinski definition) is 5. The van der Waals surface area contributed by atoms with Gasteiger partial charge in [0.2, 0.25) is 6.79 Å². The fourth-order valence-electron chi connectivity index (χ4n) is 3.32. The van der Waals surface area contributed by atoms with Crippen LogP contribution in [0, 0.1) is 20.8 Å². The number of aromatic nitrogens is 1. The number of rotatable bonds is 4. The average molecular weight is 375 g/mol. The van der Waals surface area contributed by atoms with E-state index in [1.807, 2.05) is 0 Å². The van der Waals surface area contributed by atoms with E-state index >= 15 is 0 Å². The van der Waals surface area contributed by atoms with Crippen molar-refractivity contribution < 1.29 is 14.3 Å². The van der Waals surface area contributed by atoms with Gasteiger partial charge in [0.25, 0.3) is 5.91 Å². The molecule has 1 aliphatic heterocycles. The Bertz CT molecular complexity index is 1040. The second-order valence-electron chi connectivity index (χ2n) is 6.85. The Kier molecular flexibility index (Phi) is 4.61. The smallest absolute Gasteiger partial charge is 0.255 e. The number of anilines is 3. The Balaban J connectivity index is 1.53. The SMILES string of the molecule is Cc1cc(C)c(Nc2cc(C(=O)Nc3ccc4c(c3)OCO4)ccn2)c(C)c1. The highest BCUT2D eigenvalue weighted by Crippen LogP contribution is 2.34. The van der Waals surface area contributed by atoms with Crippen LogP contribution in [0.15, 0.2) is 48.7 Å². The number of aryl methyl sites for hydroxylation is 3. The van der Waals surface area contributed by atoms with E-state index in [0.717, 1.165) is 16.8 Å². The second-order valence-corrected chi connectivity index (χ2v) is 6.85. The van der Waals surface area contributed by atoms with E-state index in [2.05, 4.69) is 48.5 Å². The molecular weight excluding hydrogens is 354 g/mol. The quantitative estimate of drug-likeness (QED) is 0.690. The van der Waals surface area contributed by atoms with Crippen molar-refractivity contribution in [1.82, 2.24) is 4.98 Å². The summed E-state index contributed by atoms with van der Waals surface area (Å²) in [6.07, 6.45) is 1.62. The van der Waals surface area contributed by atoms with Crippen molar-refractivity contribution in [1.29, 1.82) is 0 Å². The van der Waals surface area contributed by atoms with Crippen LogP contribution in [0.25, 0.3) is 0 Å². The van der Waals surface area contributed by atoms with Crippen molar-refractivity contribution in [3.05, 3.63) is 70.9 Å². The minimum absolute atomic E-state index is 0.198. The molecule has 1 amide bonds. The van der Waals surface area contributed by atoms with Crippen LogP contribution in [0.2, 0.25) is 0 Å². The van der Waals surface area contributed by atoms with E-state index < -0.39 is 0 Å². The highest BCUT2D eigenvalue weighted by molar-refractivity contribution is 6.04. The van der Waals surface area contributed by atoms with Crippen LogP contribution in [-0.2, 0) is 0 Å². The van der Waals surface area contributed by atoms with Crippen molar-refractivity contribution in [2.24, 2.45) is 0 Å². The zero-order chi connectivity index (χ0) is 19.7. The lowest BCUT2D eigenvalue weighted by Gasteiger charge is -2.14. The van der Waals surface area contributed by atoms with Crippen LogP contribution in [0.3, 0.4) is 0 Å². The number of amides is 1. The van der Waals surface area contributed by atoms with E-state index in [-0.39, 0.29) is 12.7 Å². The molecule has 6 heteroatoms. The van der Waals surface area contributed by atoms with Gasteiger partial charge in [-0.15, -0.1) is 0 Å². The average Bonchev–Trinajstić information content (AvgIpc) is 3.12. The Morgan fingerprint density at radius 3 is 2.50 bits per heavy atom. The number of nitrogens with one attached hydrogen (secondary N) is 2. The van der Waals surface area contributed by atoms with Crippen LogP contribution in [0.5, 0.6) is 11.5 Å². The molecule has 6 nitrogen and oxygen atoms in total. The fourth-order valence-corrected chi connectivity index (χ4v) is 3.32. The lowest BCUT2D eigenvalue weighted by Crippen LogP contribution is -2.12. The van der Waals surface area contributed by atoms with E-state index in [9.17, 15) is 4.79 Å². The lowest BCUT2D eigenvalue weighted by atomic mass is 10.1. The van der Waals surface area contributed by atoms with Crippen LogP contribution in [0.1, 0.15) is 27.0 Å². The molecule has 1 aromatic heterocycles. The van der Waals surface area contributed by atoms with Gasteiger partial charge >= 0.3 is 0 Å². The maximum absolute atomic E-state index is 12.7. The molecule has 0 radical (unpaired) electrons. The normalized spacial score (nSPS) is 12.0. The van der Waals surface area contributed by atoms with Gasteiger partial charge in [-0.05, 0) is 56.2 Å². The molecule has 4 rings (SSSR count). The first-order chi connectivity index (χ1) is 13.5. The zero-order valence-corrected chi connectivity index (χ0v) is 16.0. The number of nitrogens with zero attached hydrogens (tertiary/aromatic N) is 1. The molecule has 0 saturated heterocycles. The monoisotopic (exact) mass is 375 g/mol. The van der Waals surface area contributed by atoms with Gasteiger partial charge in [0, 0.05) is 29.2 Å². The summed E-state index contributed by atoms with van der Waals surface area (Å²) in [5.41, 5.74) is 5.64. The Morgan fingerprint density at radius 2 is 1.71 bits per heavy atom. The van der Waals surface area contributed by atoms with E-state index in [1.165, 1.54) is 5.56 Å². The molecule has 0 aliphatic carbocycles. The number of ether oxygens (including phenoxy) is 2. The fraction of sp³-hybridized carbons (Fsp3) is 0.182. The summed E-state index contributed by atoms with van der Waals surface area (Å²) >= 11 is 0. The van der Waals surface area contributed by atoms with Crippen molar-refractivity contribution in [2.75, 3.05) is 17.4 Å². The largest absolute Gasteiger partial charge is 0.454 e. The summed E-state index contributed by atoms with van der Waals surface area (Å²) in [6, 6.07) is 13.0. The van der Waals surface area contributed by atoms with Crippen LogP contribution in [-0.4, -0.2) is 17.7 Å². The van der Waals surface area contributed by atoms with E-state index in [0.29, 0.717) is 28.6 Å². The van der Waals surface area contributed by atoms with Crippen molar-refractivity contribution >= 4 is 23.1 Å². The van der Waals surface area contributed by atoms with Crippen LogP contribution in [0.4, 0.5) is 17.2 Å². The Labute approximate surface area is 163 Å². The van der Waals surface area contributed by atoms with Gasteiger partial charge in [0.05, 0.1) is 0 Å². The molecule has 142 valence electrons. The summed E-state index contributed by atoms with van der Waals surface area (Å²) in [4.78, 5) is 17.0. The molecule has 2 aromatic carbocycles. The number of pyridine rings is 1. The Morgan fingerprint density at radius 1 is 0.964 bits per heavy atom. The topological polar surface area (TPSA) is 72.5 Å². The Hall–Kier alpha value is -3.54. The molecule has 0 bridgehead atoms. The zero-order valence-electron chi connectivity index (χ0n) is 16.0. The van der Waals surface area contributed by atoms with Crippen molar-refractivity contribution in [3.8, 4) is 11.5 Å². The van der Waals surface area contributed by atoms with Gasteiger partial charge in [0.1, 0.15) is 5.82 Å². The highest BCUT2D eigenvalue weighted by atomic mass is 16.7. The second kappa shape index (κ2) is 7.23. The van der Waals surface area contributed by atoms with Gasteiger partial charge in [-0.25, -0.2) is 4.98 Å². The molecule has 3 aromatic rings.